The lowest BCUT2D eigenvalue weighted by atomic mass is 10.2. The van der Waals surface area contributed by atoms with E-state index in [1.165, 1.54) is 10.9 Å². The van der Waals surface area contributed by atoms with Crippen LogP contribution < -0.4 is 0 Å². The molecule has 6 heteroatoms. The third kappa shape index (κ3) is 1.55. The molecule has 0 saturated carbocycles. The van der Waals surface area contributed by atoms with E-state index in [1.807, 2.05) is 0 Å². The van der Waals surface area contributed by atoms with Crippen LogP contribution in [0.15, 0.2) is 18.6 Å². The zero-order chi connectivity index (χ0) is 11.0. The van der Waals surface area contributed by atoms with Gasteiger partial charge in [0.2, 0.25) is 5.78 Å². The molecule has 2 aromatic heterocycles. The summed E-state index contributed by atoms with van der Waals surface area (Å²) in [6.07, 6.45) is 4.72. The minimum atomic E-state index is -0.229. The van der Waals surface area contributed by atoms with Gasteiger partial charge >= 0.3 is 0 Å². The van der Waals surface area contributed by atoms with Crippen LogP contribution in [0.2, 0.25) is 5.02 Å². The fraction of sp³-hybridized carbons (Fsp3) is 0.222. The highest BCUT2D eigenvalue weighted by molar-refractivity contribution is 6.34. The number of rotatable bonds is 2. The van der Waals surface area contributed by atoms with Crippen LogP contribution in [0.1, 0.15) is 16.3 Å². The maximum absolute atomic E-state index is 12.0. The van der Waals surface area contributed by atoms with Gasteiger partial charge in [0.05, 0.1) is 11.2 Å². The van der Waals surface area contributed by atoms with E-state index in [0.717, 1.165) is 0 Å². The number of carbonyl (C=O) groups excluding carboxylic acids is 1. The zero-order valence-electron chi connectivity index (χ0n) is 8.31. The Morgan fingerprint density at radius 1 is 1.47 bits per heavy atom. The SMILES string of the molecule is Cn1ccnc1C(=O)c1c(Cl)cnn1C. The Balaban J connectivity index is 2.50. The third-order valence-electron chi connectivity index (χ3n) is 2.13. The summed E-state index contributed by atoms with van der Waals surface area (Å²) in [5.74, 6) is 0.119. The van der Waals surface area contributed by atoms with Crippen molar-refractivity contribution in [3.05, 3.63) is 35.1 Å². The molecule has 2 aromatic rings. The molecule has 2 rings (SSSR count). The normalized spacial score (nSPS) is 10.6. The van der Waals surface area contributed by atoms with Crippen molar-refractivity contribution < 1.29 is 4.79 Å². The Kier molecular flexibility index (Phi) is 2.32. The van der Waals surface area contributed by atoms with Gasteiger partial charge in [0.25, 0.3) is 0 Å². The lowest BCUT2D eigenvalue weighted by molar-refractivity contribution is 0.101. The molecule has 2 heterocycles. The van der Waals surface area contributed by atoms with Crippen molar-refractivity contribution in [1.29, 1.82) is 0 Å². The van der Waals surface area contributed by atoms with Gasteiger partial charge in [-0.1, -0.05) is 11.6 Å². The molecule has 0 fully saturated rings. The Morgan fingerprint density at radius 3 is 2.67 bits per heavy atom. The molecule has 0 aliphatic rings. The number of imidazole rings is 1. The molecule has 0 spiro atoms. The molecule has 0 aliphatic heterocycles. The monoisotopic (exact) mass is 224 g/mol. The minimum absolute atomic E-state index is 0.229. The molecule has 0 bridgehead atoms. The van der Waals surface area contributed by atoms with E-state index < -0.39 is 0 Å². The Labute approximate surface area is 91.3 Å². The average Bonchev–Trinajstić information content (AvgIpc) is 2.73. The molecule has 0 N–H and O–H groups in total. The van der Waals surface area contributed by atoms with E-state index in [-0.39, 0.29) is 5.78 Å². The van der Waals surface area contributed by atoms with Crippen molar-refractivity contribution in [2.24, 2.45) is 14.1 Å². The lowest BCUT2D eigenvalue weighted by Gasteiger charge is -2.01. The quantitative estimate of drug-likeness (QED) is 0.717. The van der Waals surface area contributed by atoms with Gasteiger partial charge in [0, 0.05) is 26.5 Å². The van der Waals surface area contributed by atoms with Crippen LogP contribution in [0, 0.1) is 0 Å². The molecule has 5 nitrogen and oxygen atoms in total. The molecule has 0 aliphatic carbocycles. The fourth-order valence-electron chi connectivity index (χ4n) is 1.36. The Morgan fingerprint density at radius 2 is 2.20 bits per heavy atom. The maximum atomic E-state index is 12.0. The summed E-state index contributed by atoms with van der Waals surface area (Å²) >= 11 is 5.87. The van der Waals surface area contributed by atoms with Gasteiger partial charge in [-0.3, -0.25) is 9.48 Å². The van der Waals surface area contributed by atoms with Crippen molar-refractivity contribution in [2.75, 3.05) is 0 Å². The molecule has 0 amide bonds. The number of halogens is 1. The molecule has 78 valence electrons. The number of hydrogen-bond acceptors (Lipinski definition) is 3. The summed E-state index contributed by atoms with van der Waals surface area (Å²) in [6.45, 7) is 0. The van der Waals surface area contributed by atoms with E-state index >= 15 is 0 Å². The second-order valence-electron chi connectivity index (χ2n) is 3.16. The summed E-state index contributed by atoms with van der Waals surface area (Å²) in [5.41, 5.74) is 0.353. The van der Waals surface area contributed by atoms with Gasteiger partial charge < -0.3 is 4.57 Å². The van der Waals surface area contributed by atoms with Crippen LogP contribution in [0.3, 0.4) is 0 Å². The van der Waals surface area contributed by atoms with E-state index in [0.29, 0.717) is 16.5 Å². The molecule has 0 aromatic carbocycles. The van der Waals surface area contributed by atoms with E-state index in [4.69, 9.17) is 11.6 Å². The first-order valence-electron chi connectivity index (χ1n) is 4.30. The first-order valence-corrected chi connectivity index (χ1v) is 4.68. The number of hydrogen-bond donors (Lipinski definition) is 0. The molecule has 0 radical (unpaired) electrons. The predicted octanol–water partition coefficient (Wildman–Crippen LogP) is 1.04. The van der Waals surface area contributed by atoms with Crippen molar-refractivity contribution in [1.82, 2.24) is 19.3 Å². The van der Waals surface area contributed by atoms with Crippen LogP contribution in [-0.2, 0) is 14.1 Å². The third-order valence-corrected chi connectivity index (χ3v) is 2.41. The highest BCUT2D eigenvalue weighted by Crippen LogP contribution is 2.17. The number of aromatic nitrogens is 4. The Hall–Kier alpha value is -1.62. The largest absolute Gasteiger partial charge is 0.331 e. The van der Waals surface area contributed by atoms with Gasteiger partial charge in [0.15, 0.2) is 5.82 Å². The summed E-state index contributed by atoms with van der Waals surface area (Å²) in [4.78, 5) is 16.0. The Bertz CT molecular complexity index is 494. The first kappa shape index (κ1) is 9.92. The van der Waals surface area contributed by atoms with E-state index in [9.17, 15) is 4.79 Å². The molecular formula is C9H9ClN4O. The van der Waals surface area contributed by atoms with E-state index in [2.05, 4.69) is 10.1 Å². The van der Waals surface area contributed by atoms with Gasteiger partial charge in [-0.2, -0.15) is 5.10 Å². The fourth-order valence-corrected chi connectivity index (χ4v) is 1.61. The number of aryl methyl sites for hydroxylation is 2. The first-order chi connectivity index (χ1) is 7.11. The zero-order valence-corrected chi connectivity index (χ0v) is 9.06. The summed E-state index contributed by atoms with van der Waals surface area (Å²) in [5, 5.41) is 4.24. The highest BCUT2D eigenvalue weighted by atomic mass is 35.5. The molecule has 15 heavy (non-hydrogen) atoms. The van der Waals surface area contributed by atoms with Crippen LogP contribution in [0.5, 0.6) is 0 Å². The van der Waals surface area contributed by atoms with Crippen molar-refractivity contribution in [3.63, 3.8) is 0 Å². The minimum Gasteiger partial charge on any atom is -0.331 e. The molecule has 0 atom stereocenters. The number of ketones is 1. The molecule has 0 unspecified atom stereocenters. The van der Waals surface area contributed by atoms with Crippen LogP contribution in [-0.4, -0.2) is 25.1 Å². The van der Waals surface area contributed by atoms with Gasteiger partial charge in [-0.05, 0) is 0 Å². The van der Waals surface area contributed by atoms with Crippen LogP contribution in [0.25, 0.3) is 0 Å². The summed E-state index contributed by atoms with van der Waals surface area (Å²) < 4.78 is 3.09. The van der Waals surface area contributed by atoms with Crippen LogP contribution in [0.4, 0.5) is 0 Å². The smallest absolute Gasteiger partial charge is 0.247 e. The van der Waals surface area contributed by atoms with Crippen molar-refractivity contribution >= 4 is 17.4 Å². The standard InChI is InChI=1S/C9H9ClN4O/c1-13-4-3-11-9(13)8(15)7-6(10)5-12-14(7)2/h3-5H,1-2H3. The van der Waals surface area contributed by atoms with Gasteiger partial charge in [-0.25, -0.2) is 4.98 Å². The average molecular weight is 225 g/mol. The van der Waals surface area contributed by atoms with E-state index in [1.54, 1.807) is 31.1 Å². The molecule has 0 saturated heterocycles. The second-order valence-corrected chi connectivity index (χ2v) is 3.56. The predicted molar refractivity (Wildman–Crippen MR) is 54.9 cm³/mol. The highest BCUT2D eigenvalue weighted by Gasteiger charge is 2.20. The number of carbonyl (C=O) groups is 1. The lowest BCUT2D eigenvalue weighted by Crippen LogP contribution is -2.13. The van der Waals surface area contributed by atoms with Gasteiger partial charge in [-0.15, -0.1) is 0 Å². The van der Waals surface area contributed by atoms with Gasteiger partial charge in [0.1, 0.15) is 5.69 Å². The summed E-state index contributed by atoms with van der Waals surface area (Å²) in [7, 11) is 3.42. The maximum Gasteiger partial charge on any atom is 0.247 e. The topological polar surface area (TPSA) is 52.7 Å². The molecular weight excluding hydrogens is 216 g/mol. The summed E-state index contributed by atoms with van der Waals surface area (Å²) in [6, 6.07) is 0. The van der Waals surface area contributed by atoms with Crippen LogP contribution >= 0.6 is 11.6 Å². The van der Waals surface area contributed by atoms with Crippen molar-refractivity contribution in [3.8, 4) is 0 Å². The second kappa shape index (κ2) is 3.51. The number of nitrogens with zero attached hydrogens (tertiary/aromatic N) is 4. The van der Waals surface area contributed by atoms with Crippen molar-refractivity contribution in [2.45, 2.75) is 0 Å².